The number of nitrogens with two attached hydrogens (primary N) is 1. The van der Waals surface area contributed by atoms with Gasteiger partial charge in [0.15, 0.2) is 5.96 Å². The van der Waals surface area contributed by atoms with Gasteiger partial charge in [0.2, 0.25) is 0 Å². The molecular weight excluding hydrogens is 140 g/mol. The van der Waals surface area contributed by atoms with Gasteiger partial charge in [0.05, 0.1) is 0 Å². The number of guanidine groups is 1. The monoisotopic (exact) mass is 160 g/mol. The molecule has 0 unspecified atom stereocenters. The summed E-state index contributed by atoms with van der Waals surface area (Å²) >= 11 is 0. The van der Waals surface area contributed by atoms with Gasteiger partial charge in [-0.3, -0.25) is 5.41 Å². The molecule has 11 heavy (non-hydrogen) atoms. The van der Waals surface area contributed by atoms with E-state index in [-0.39, 0.29) is 12.1 Å². The molecular formula is C7H20N4. The number of rotatable bonds is 0. The Kier molecular flexibility index (Phi) is 8.58. The molecule has 1 fully saturated rings. The Morgan fingerprint density at radius 3 is 1.82 bits per heavy atom. The fourth-order valence-electron chi connectivity index (χ4n) is 0.958. The largest absolute Gasteiger partial charge is 0.370 e. The van der Waals surface area contributed by atoms with E-state index in [0.717, 1.165) is 13.1 Å². The molecule has 6 N–H and O–H groups in total. The number of nitrogens with zero attached hydrogens (tertiary/aromatic N) is 1. The normalized spacial score (nSPS) is 14.5. The first-order chi connectivity index (χ1) is 4.80. The van der Waals surface area contributed by atoms with Crippen molar-refractivity contribution in [3.63, 3.8) is 0 Å². The summed E-state index contributed by atoms with van der Waals surface area (Å²) in [5.74, 6) is 0.225. The quantitative estimate of drug-likeness (QED) is 0.367. The summed E-state index contributed by atoms with van der Waals surface area (Å²) < 4.78 is 0. The Morgan fingerprint density at radius 2 is 1.64 bits per heavy atom. The minimum absolute atomic E-state index is 0. The van der Waals surface area contributed by atoms with Gasteiger partial charge in [0, 0.05) is 13.1 Å². The van der Waals surface area contributed by atoms with Gasteiger partial charge in [-0.05, 0) is 12.8 Å². The van der Waals surface area contributed by atoms with Crippen LogP contribution in [0.5, 0.6) is 0 Å². The molecule has 0 aromatic rings. The summed E-state index contributed by atoms with van der Waals surface area (Å²) in [4.78, 5) is 1.89. The predicted molar refractivity (Wildman–Crippen MR) is 49.1 cm³/mol. The van der Waals surface area contributed by atoms with Gasteiger partial charge in [0.1, 0.15) is 0 Å². The van der Waals surface area contributed by atoms with E-state index in [2.05, 4.69) is 0 Å². The highest BCUT2D eigenvalue weighted by Crippen LogP contribution is 2.04. The SMILES string of the molecule is CC.N.N=C(N)N1CCCC1. The van der Waals surface area contributed by atoms with Gasteiger partial charge < -0.3 is 16.8 Å². The second-order valence-electron chi connectivity index (χ2n) is 2.08. The molecule has 0 spiro atoms. The van der Waals surface area contributed by atoms with Crippen molar-refractivity contribution in [2.75, 3.05) is 13.1 Å². The molecule has 1 saturated heterocycles. The molecule has 0 aromatic carbocycles. The minimum Gasteiger partial charge on any atom is -0.370 e. The highest BCUT2D eigenvalue weighted by atomic mass is 15.2. The van der Waals surface area contributed by atoms with Crippen LogP contribution in [-0.2, 0) is 0 Å². The standard InChI is InChI=1S/C5H11N3.C2H6.H3N/c6-5(7)8-3-1-2-4-8;1-2;/h1-4H2,(H3,6,7);1-2H3;1H3. The van der Waals surface area contributed by atoms with E-state index >= 15 is 0 Å². The van der Waals surface area contributed by atoms with E-state index in [1.165, 1.54) is 12.8 Å². The van der Waals surface area contributed by atoms with E-state index in [1.54, 1.807) is 0 Å². The van der Waals surface area contributed by atoms with E-state index in [0.29, 0.717) is 0 Å². The van der Waals surface area contributed by atoms with Crippen molar-refractivity contribution in [3.8, 4) is 0 Å². The molecule has 1 aliphatic rings. The smallest absolute Gasteiger partial charge is 0.188 e. The fourth-order valence-corrected chi connectivity index (χ4v) is 0.958. The summed E-state index contributed by atoms with van der Waals surface area (Å²) in [6.07, 6.45) is 2.39. The van der Waals surface area contributed by atoms with Crippen molar-refractivity contribution in [2.45, 2.75) is 26.7 Å². The predicted octanol–water partition coefficient (Wildman–Crippen LogP) is 1.16. The van der Waals surface area contributed by atoms with Gasteiger partial charge >= 0.3 is 0 Å². The van der Waals surface area contributed by atoms with Gasteiger partial charge in [-0.15, -0.1) is 0 Å². The van der Waals surface area contributed by atoms with Crippen molar-refractivity contribution in [1.29, 1.82) is 5.41 Å². The summed E-state index contributed by atoms with van der Waals surface area (Å²) in [7, 11) is 0. The van der Waals surface area contributed by atoms with Gasteiger partial charge in [0.25, 0.3) is 0 Å². The highest BCUT2D eigenvalue weighted by molar-refractivity contribution is 5.74. The van der Waals surface area contributed by atoms with Crippen LogP contribution in [0, 0.1) is 5.41 Å². The average Bonchev–Trinajstić information content (AvgIpc) is 2.42. The molecule has 4 heteroatoms. The zero-order chi connectivity index (χ0) is 7.98. The molecule has 68 valence electrons. The van der Waals surface area contributed by atoms with Crippen molar-refractivity contribution in [1.82, 2.24) is 11.1 Å². The van der Waals surface area contributed by atoms with Crippen molar-refractivity contribution >= 4 is 5.96 Å². The minimum atomic E-state index is 0. The number of hydrogen-bond donors (Lipinski definition) is 3. The molecule has 0 radical (unpaired) electrons. The lowest BCUT2D eigenvalue weighted by Crippen LogP contribution is -2.33. The van der Waals surface area contributed by atoms with Crippen LogP contribution in [0.2, 0.25) is 0 Å². The molecule has 0 bridgehead atoms. The van der Waals surface area contributed by atoms with Crippen LogP contribution in [0.1, 0.15) is 26.7 Å². The lowest BCUT2D eigenvalue weighted by molar-refractivity contribution is 0.509. The molecule has 0 saturated carbocycles. The van der Waals surface area contributed by atoms with Crippen molar-refractivity contribution in [2.24, 2.45) is 5.73 Å². The second-order valence-corrected chi connectivity index (χ2v) is 2.08. The first-order valence-corrected chi connectivity index (χ1v) is 3.89. The molecule has 0 amide bonds. The maximum absolute atomic E-state index is 7.00. The molecule has 4 nitrogen and oxygen atoms in total. The van der Waals surface area contributed by atoms with Crippen molar-refractivity contribution in [3.05, 3.63) is 0 Å². The summed E-state index contributed by atoms with van der Waals surface area (Å²) in [6, 6.07) is 0. The Balaban J connectivity index is 0. The maximum Gasteiger partial charge on any atom is 0.188 e. The lowest BCUT2D eigenvalue weighted by Gasteiger charge is -2.12. The molecule has 1 heterocycles. The van der Waals surface area contributed by atoms with E-state index in [9.17, 15) is 0 Å². The zero-order valence-corrected chi connectivity index (χ0v) is 7.56. The van der Waals surface area contributed by atoms with Crippen LogP contribution >= 0.6 is 0 Å². The Labute approximate surface area is 68.8 Å². The van der Waals surface area contributed by atoms with Crippen LogP contribution in [0.3, 0.4) is 0 Å². The number of hydrogen-bond acceptors (Lipinski definition) is 2. The fraction of sp³-hybridized carbons (Fsp3) is 0.857. The first kappa shape index (κ1) is 12.9. The highest BCUT2D eigenvalue weighted by Gasteiger charge is 2.10. The van der Waals surface area contributed by atoms with Crippen LogP contribution in [0.15, 0.2) is 0 Å². The maximum atomic E-state index is 7.00. The van der Waals surface area contributed by atoms with Crippen molar-refractivity contribution < 1.29 is 0 Å². The second kappa shape index (κ2) is 7.34. The van der Waals surface area contributed by atoms with Crippen LogP contribution in [0.25, 0.3) is 0 Å². The first-order valence-electron chi connectivity index (χ1n) is 3.89. The summed E-state index contributed by atoms with van der Waals surface area (Å²) in [5, 5.41) is 7.00. The third-order valence-corrected chi connectivity index (χ3v) is 1.45. The molecule has 0 atom stereocenters. The molecule has 0 aliphatic carbocycles. The summed E-state index contributed by atoms with van der Waals surface area (Å²) in [5.41, 5.74) is 5.21. The lowest BCUT2D eigenvalue weighted by atomic mass is 10.4. The average molecular weight is 160 g/mol. The molecule has 1 rings (SSSR count). The summed E-state index contributed by atoms with van der Waals surface area (Å²) in [6.45, 7) is 5.96. The van der Waals surface area contributed by atoms with E-state index in [4.69, 9.17) is 11.1 Å². The number of nitrogens with one attached hydrogen (secondary N) is 1. The van der Waals surface area contributed by atoms with Gasteiger partial charge in [-0.25, -0.2) is 0 Å². The van der Waals surface area contributed by atoms with E-state index in [1.807, 2.05) is 18.7 Å². The van der Waals surface area contributed by atoms with Gasteiger partial charge in [-0.1, -0.05) is 13.8 Å². The van der Waals surface area contributed by atoms with E-state index < -0.39 is 0 Å². The number of likely N-dealkylation sites (tertiary alicyclic amines) is 1. The Bertz CT molecular complexity index is 96.6. The third kappa shape index (κ3) is 4.61. The van der Waals surface area contributed by atoms with Crippen LogP contribution < -0.4 is 11.9 Å². The molecule has 1 aliphatic heterocycles. The topological polar surface area (TPSA) is 88.1 Å². The zero-order valence-electron chi connectivity index (χ0n) is 7.56. The van der Waals surface area contributed by atoms with Gasteiger partial charge in [-0.2, -0.15) is 0 Å². The van der Waals surface area contributed by atoms with Crippen LogP contribution in [-0.4, -0.2) is 23.9 Å². The van der Waals surface area contributed by atoms with Crippen LogP contribution in [0.4, 0.5) is 0 Å². The Morgan fingerprint density at radius 1 is 1.27 bits per heavy atom. The molecule has 0 aromatic heterocycles. The Hall–Kier alpha value is -0.770. The third-order valence-electron chi connectivity index (χ3n) is 1.45.